The molecule has 0 aliphatic rings. The third-order valence-corrected chi connectivity index (χ3v) is 8.95. The third-order valence-electron chi connectivity index (χ3n) is 5.42. The van der Waals surface area contributed by atoms with E-state index in [9.17, 15) is 18.4 Å². The first-order valence-corrected chi connectivity index (χ1v) is 14.8. The lowest BCUT2D eigenvalue weighted by atomic mass is 10.1. The Kier molecular flexibility index (Phi) is 13.6. The van der Waals surface area contributed by atoms with Crippen LogP contribution in [-0.2, 0) is 36.4 Å². The highest BCUT2D eigenvalue weighted by molar-refractivity contribution is 7.80. The van der Waals surface area contributed by atoms with E-state index in [1.165, 1.54) is 0 Å². The number of anilines is 1. The van der Waals surface area contributed by atoms with Crippen molar-refractivity contribution in [1.29, 1.82) is 0 Å². The van der Waals surface area contributed by atoms with Crippen molar-refractivity contribution in [3.63, 3.8) is 0 Å². The third kappa shape index (κ3) is 13.2. The summed E-state index contributed by atoms with van der Waals surface area (Å²) in [7, 11) is -2.60. The summed E-state index contributed by atoms with van der Waals surface area (Å²) in [5, 5.41) is 5.28. The summed E-state index contributed by atoms with van der Waals surface area (Å²) < 4.78 is 39.9. The number of carbonyl (C=O) groups is 2. The molecular formula is C23H40N3O6PS. The Balaban J connectivity index is 2.04. The topological polar surface area (TPSA) is 134 Å². The molecule has 9 nitrogen and oxygen atoms in total. The van der Waals surface area contributed by atoms with Gasteiger partial charge in [-0.3, -0.25) is 23.4 Å². The fourth-order valence-corrected chi connectivity index (χ4v) is 4.03. The maximum atomic E-state index is 12.4. The molecule has 34 heavy (non-hydrogen) atoms. The lowest BCUT2D eigenvalue weighted by Gasteiger charge is -2.27. The van der Waals surface area contributed by atoms with Gasteiger partial charge in [0.05, 0.1) is 6.61 Å². The summed E-state index contributed by atoms with van der Waals surface area (Å²) in [6.07, 6.45) is 4.49. The molecule has 0 radical (unpaired) electrons. The Morgan fingerprint density at radius 2 is 1.53 bits per heavy atom. The summed E-state index contributed by atoms with van der Waals surface area (Å²) in [6, 6.07) is 7.02. The van der Waals surface area contributed by atoms with Gasteiger partial charge in [0, 0.05) is 43.4 Å². The summed E-state index contributed by atoms with van der Waals surface area (Å²) in [5.74, 6) is -0.312. The van der Waals surface area contributed by atoms with Crippen LogP contribution in [0.25, 0.3) is 0 Å². The Morgan fingerprint density at radius 1 is 0.971 bits per heavy atom. The van der Waals surface area contributed by atoms with E-state index in [2.05, 4.69) is 15.4 Å². The molecule has 0 aromatic heterocycles. The SMILES string of the molecule is CC(C)(C)P(C)(=O)OCCCCCCNC(=O)CCC(=O)NCCc1ccc(NS(=O)O)cc1. The molecule has 1 aromatic carbocycles. The van der Waals surface area contributed by atoms with Crippen LogP contribution in [0.4, 0.5) is 5.69 Å². The molecule has 0 saturated carbocycles. The first-order valence-electron chi connectivity index (χ1n) is 11.6. The zero-order valence-corrected chi connectivity index (χ0v) is 22.4. The predicted molar refractivity (Wildman–Crippen MR) is 137 cm³/mol. The molecule has 2 amide bonds. The van der Waals surface area contributed by atoms with Crippen molar-refractivity contribution in [3.8, 4) is 0 Å². The van der Waals surface area contributed by atoms with Crippen molar-refractivity contribution in [3.05, 3.63) is 29.8 Å². The molecule has 11 heteroatoms. The first-order chi connectivity index (χ1) is 15.9. The number of hydrogen-bond donors (Lipinski definition) is 4. The Hall–Kier alpha value is -1.74. The number of unbranched alkanes of at least 4 members (excludes halogenated alkanes) is 3. The molecule has 1 aromatic rings. The standard InChI is InChI=1S/C23H40N3O6PS/c1-23(2,3)33(4,29)32-18-8-6-5-7-16-24-21(27)13-14-22(28)25-17-15-19-9-11-20(12-10-19)26-34(30)31/h9-12,26H,5-8,13-18H2,1-4H3,(H,24,27)(H,25,28)(H,30,31). The molecule has 1 rings (SSSR count). The summed E-state index contributed by atoms with van der Waals surface area (Å²) >= 11 is -2.10. The average molecular weight is 518 g/mol. The minimum absolute atomic E-state index is 0.138. The quantitative estimate of drug-likeness (QED) is 0.148. The van der Waals surface area contributed by atoms with Crippen LogP contribution < -0.4 is 15.4 Å². The highest BCUT2D eigenvalue weighted by Crippen LogP contribution is 2.55. The van der Waals surface area contributed by atoms with E-state index in [0.717, 1.165) is 31.2 Å². The predicted octanol–water partition coefficient (Wildman–Crippen LogP) is 4.07. The van der Waals surface area contributed by atoms with Crippen molar-refractivity contribution in [2.24, 2.45) is 0 Å². The number of carbonyl (C=O) groups excluding carboxylic acids is 2. The second-order valence-corrected chi connectivity index (χ2v) is 13.3. The molecule has 0 saturated heterocycles. The normalized spacial score (nSPS) is 14.1. The molecule has 194 valence electrons. The summed E-state index contributed by atoms with van der Waals surface area (Å²) in [5.41, 5.74) is 1.52. The molecule has 4 N–H and O–H groups in total. The maximum absolute atomic E-state index is 12.4. The van der Waals surface area contributed by atoms with Gasteiger partial charge < -0.3 is 15.2 Å². The lowest BCUT2D eigenvalue weighted by molar-refractivity contribution is -0.126. The van der Waals surface area contributed by atoms with Crippen LogP contribution in [0.1, 0.15) is 64.9 Å². The van der Waals surface area contributed by atoms with Gasteiger partial charge in [-0.2, -0.15) is 0 Å². The monoisotopic (exact) mass is 517 g/mol. The Morgan fingerprint density at radius 3 is 2.09 bits per heavy atom. The fraction of sp³-hybridized carbons (Fsp3) is 0.652. The Labute approximate surface area is 206 Å². The summed E-state index contributed by atoms with van der Waals surface area (Å²) in [6.45, 7) is 8.96. The van der Waals surface area contributed by atoms with Gasteiger partial charge in [-0.25, -0.2) is 4.21 Å². The van der Waals surface area contributed by atoms with Gasteiger partial charge in [0.15, 0.2) is 0 Å². The molecule has 0 spiro atoms. The van der Waals surface area contributed by atoms with Crippen molar-refractivity contribution in [1.82, 2.24) is 10.6 Å². The number of rotatable bonds is 16. The number of amides is 2. The number of nitrogens with one attached hydrogen (secondary N) is 3. The van der Waals surface area contributed by atoms with Crippen LogP contribution in [0.5, 0.6) is 0 Å². The second-order valence-electron chi connectivity index (χ2n) is 9.26. The molecule has 0 aliphatic heterocycles. The van der Waals surface area contributed by atoms with Gasteiger partial charge in [-0.05, 0) is 37.0 Å². The molecule has 0 heterocycles. The minimum Gasteiger partial charge on any atom is -0.356 e. The van der Waals surface area contributed by atoms with Crippen molar-refractivity contribution in [2.75, 3.05) is 31.1 Å². The molecule has 0 aliphatic carbocycles. The van der Waals surface area contributed by atoms with Gasteiger partial charge in [0.2, 0.25) is 19.2 Å². The van der Waals surface area contributed by atoms with Crippen LogP contribution in [0.3, 0.4) is 0 Å². The molecular weight excluding hydrogens is 477 g/mol. The van der Waals surface area contributed by atoms with Gasteiger partial charge in [-0.15, -0.1) is 0 Å². The van der Waals surface area contributed by atoms with Gasteiger partial charge >= 0.3 is 0 Å². The molecule has 0 bridgehead atoms. The van der Waals surface area contributed by atoms with Crippen molar-refractivity contribution in [2.45, 2.75) is 70.9 Å². The van der Waals surface area contributed by atoms with Gasteiger partial charge in [0.1, 0.15) is 0 Å². The van der Waals surface area contributed by atoms with E-state index >= 15 is 0 Å². The first kappa shape index (κ1) is 30.3. The lowest BCUT2D eigenvalue weighted by Crippen LogP contribution is -2.29. The van der Waals surface area contributed by atoms with Crippen LogP contribution in [-0.4, -0.2) is 52.1 Å². The van der Waals surface area contributed by atoms with E-state index < -0.39 is 18.6 Å². The Bertz CT molecular complexity index is 842. The second kappa shape index (κ2) is 15.3. The fourth-order valence-electron chi connectivity index (χ4n) is 2.83. The average Bonchev–Trinajstić information content (AvgIpc) is 2.74. The summed E-state index contributed by atoms with van der Waals surface area (Å²) in [4.78, 5) is 23.8. The van der Waals surface area contributed by atoms with Crippen molar-refractivity contribution >= 4 is 36.1 Å². The van der Waals surface area contributed by atoms with E-state index in [1.54, 1.807) is 18.8 Å². The zero-order valence-electron chi connectivity index (χ0n) is 20.7. The number of benzene rings is 1. The van der Waals surface area contributed by atoms with Crippen LogP contribution in [0, 0.1) is 0 Å². The molecule has 2 atom stereocenters. The smallest absolute Gasteiger partial charge is 0.259 e. The van der Waals surface area contributed by atoms with E-state index in [0.29, 0.717) is 31.8 Å². The zero-order chi connectivity index (χ0) is 25.6. The molecule has 0 fully saturated rings. The van der Waals surface area contributed by atoms with Gasteiger partial charge in [0.25, 0.3) is 11.3 Å². The van der Waals surface area contributed by atoms with Crippen LogP contribution >= 0.6 is 7.37 Å². The van der Waals surface area contributed by atoms with Gasteiger partial charge in [-0.1, -0.05) is 45.7 Å². The van der Waals surface area contributed by atoms with E-state index in [-0.39, 0.29) is 29.8 Å². The number of hydrogen-bond acceptors (Lipinski definition) is 5. The van der Waals surface area contributed by atoms with Crippen molar-refractivity contribution < 1.29 is 27.4 Å². The molecule has 2 unspecified atom stereocenters. The van der Waals surface area contributed by atoms with Crippen LogP contribution in [0.2, 0.25) is 0 Å². The highest BCUT2D eigenvalue weighted by atomic mass is 32.2. The van der Waals surface area contributed by atoms with E-state index in [1.807, 2.05) is 32.9 Å². The minimum atomic E-state index is -2.60. The highest BCUT2D eigenvalue weighted by Gasteiger charge is 2.32. The maximum Gasteiger partial charge on any atom is 0.259 e. The van der Waals surface area contributed by atoms with E-state index in [4.69, 9.17) is 9.08 Å². The largest absolute Gasteiger partial charge is 0.356 e. The van der Waals surface area contributed by atoms with Crippen LogP contribution in [0.15, 0.2) is 24.3 Å².